The van der Waals surface area contributed by atoms with Crippen molar-refractivity contribution in [3.8, 4) is 0 Å². The van der Waals surface area contributed by atoms with Crippen molar-refractivity contribution in [1.29, 1.82) is 0 Å². The fourth-order valence-electron chi connectivity index (χ4n) is 2.26. The molecule has 2 atom stereocenters. The van der Waals surface area contributed by atoms with Gasteiger partial charge in [0, 0.05) is 38.8 Å². The monoisotopic (exact) mass is 242 g/mol. The Bertz CT molecular complexity index is 220. The minimum absolute atomic E-state index is 0.315. The summed E-state index contributed by atoms with van der Waals surface area (Å²) in [4.78, 5) is 4.96. The lowest BCUT2D eigenvalue weighted by atomic mass is 9.92. The van der Waals surface area contributed by atoms with Crippen molar-refractivity contribution in [2.75, 3.05) is 32.7 Å². The third-order valence-electron chi connectivity index (χ3n) is 4.41. The summed E-state index contributed by atoms with van der Waals surface area (Å²) < 4.78 is 0. The van der Waals surface area contributed by atoms with Crippen molar-refractivity contribution in [1.82, 2.24) is 9.80 Å². The number of β-amino-alcohol motifs (C(OH)–C–C–N with tert-alkyl or cyclic N) is 1. The second kappa shape index (κ2) is 6.17. The molecule has 2 unspecified atom stereocenters. The quantitative estimate of drug-likeness (QED) is 0.796. The van der Waals surface area contributed by atoms with Gasteiger partial charge in [0.25, 0.3) is 0 Å². The van der Waals surface area contributed by atoms with E-state index in [4.69, 9.17) is 0 Å². The third kappa shape index (κ3) is 4.23. The van der Waals surface area contributed by atoms with Gasteiger partial charge in [0.1, 0.15) is 0 Å². The molecule has 0 aromatic heterocycles. The van der Waals surface area contributed by atoms with E-state index in [2.05, 4.69) is 37.5 Å². The molecule has 0 amide bonds. The van der Waals surface area contributed by atoms with E-state index < -0.39 is 5.60 Å². The zero-order chi connectivity index (χ0) is 13.1. The Morgan fingerprint density at radius 3 is 2.06 bits per heavy atom. The molecular weight excluding hydrogens is 212 g/mol. The Morgan fingerprint density at radius 1 is 1.12 bits per heavy atom. The SMILES string of the molecule is CCC(C)N1CCN(CC(C)(O)C(C)C)CC1. The van der Waals surface area contributed by atoms with E-state index >= 15 is 0 Å². The topological polar surface area (TPSA) is 26.7 Å². The van der Waals surface area contributed by atoms with Crippen LogP contribution in [-0.2, 0) is 0 Å². The van der Waals surface area contributed by atoms with Crippen molar-refractivity contribution in [3.63, 3.8) is 0 Å². The maximum absolute atomic E-state index is 10.3. The van der Waals surface area contributed by atoms with E-state index in [0.29, 0.717) is 12.0 Å². The fraction of sp³-hybridized carbons (Fsp3) is 1.00. The second-order valence-corrected chi connectivity index (χ2v) is 6.08. The Hall–Kier alpha value is -0.120. The van der Waals surface area contributed by atoms with Crippen molar-refractivity contribution >= 4 is 0 Å². The molecule has 1 N–H and O–H groups in total. The van der Waals surface area contributed by atoms with E-state index in [1.807, 2.05) is 6.92 Å². The number of aliphatic hydroxyl groups is 1. The lowest BCUT2D eigenvalue weighted by Crippen LogP contribution is -2.54. The maximum Gasteiger partial charge on any atom is 0.0768 e. The molecule has 0 aromatic rings. The van der Waals surface area contributed by atoms with Crippen LogP contribution in [0.2, 0.25) is 0 Å². The number of hydrogen-bond donors (Lipinski definition) is 1. The minimum Gasteiger partial charge on any atom is -0.389 e. The molecule has 0 aromatic carbocycles. The molecule has 0 bridgehead atoms. The van der Waals surface area contributed by atoms with Gasteiger partial charge in [0.15, 0.2) is 0 Å². The molecule has 1 aliphatic rings. The summed E-state index contributed by atoms with van der Waals surface area (Å²) in [6.07, 6.45) is 1.23. The van der Waals surface area contributed by atoms with Crippen LogP contribution in [0.1, 0.15) is 41.0 Å². The fourth-order valence-corrected chi connectivity index (χ4v) is 2.26. The van der Waals surface area contributed by atoms with Gasteiger partial charge < -0.3 is 5.11 Å². The van der Waals surface area contributed by atoms with Crippen LogP contribution in [0.4, 0.5) is 0 Å². The first-order valence-electron chi connectivity index (χ1n) is 7.05. The standard InChI is InChI=1S/C14H30N2O/c1-6-13(4)16-9-7-15(8-10-16)11-14(5,17)12(2)3/h12-13,17H,6-11H2,1-5H3. The van der Waals surface area contributed by atoms with Gasteiger partial charge in [-0.2, -0.15) is 0 Å². The molecule has 0 aliphatic carbocycles. The van der Waals surface area contributed by atoms with Gasteiger partial charge >= 0.3 is 0 Å². The van der Waals surface area contributed by atoms with E-state index in [9.17, 15) is 5.11 Å². The summed E-state index contributed by atoms with van der Waals surface area (Å²) in [7, 11) is 0. The lowest BCUT2D eigenvalue weighted by molar-refractivity contribution is -0.0316. The average molecular weight is 242 g/mol. The molecule has 17 heavy (non-hydrogen) atoms. The van der Waals surface area contributed by atoms with Gasteiger partial charge in [0.05, 0.1) is 5.60 Å². The Morgan fingerprint density at radius 2 is 1.65 bits per heavy atom. The van der Waals surface area contributed by atoms with Crippen LogP contribution >= 0.6 is 0 Å². The summed E-state index contributed by atoms with van der Waals surface area (Å²) in [5.41, 5.74) is -0.557. The molecule has 102 valence electrons. The number of hydrogen-bond acceptors (Lipinski definition) is 3. The van der Waals surface area contributed by atoms with E-state index in [1.165, 1.54) is 6.42 Å². The first kappa shape index (κ1) is 14.9. The maximum atomic E-state index is 10.3. The molecule has 3 heteroatoms. The Kier molecular flexibility index (Phi) is 5.42. The predicted molar refractivity (Wildman–Crippen MR) is 73.2 cm³/mol. The summed E-state index contributed by atoms with van der Waals surface area (Å²) in [6, 6.07) is 0.697. The zero-order valence-electron chi connectivity index (χ0n) is 12.2. The van der Waals surface area contributed by atoms with Gasteiger partial charge in [0.2, 0.25) is 0 Å². The molecular formula is C14H30N2O. The smallest absolute Gasteiger partial charge is 0.0768 e. The number of nitrogens with zero attached hydrogens (tertiary/aromatic N) is 2. The van der Waals surface area contributed by atoms with Gasteiger partial charge in [-0.25, -0.2) is 0 Å². The lowest BCUT2D eigenvalue weighted by Gasteiger charge is -2.41. The normalized spacial score (nSPS) is 24.9. The molecule has 1 rings (SSSR count). The molecule has 1 aliphatic heterocycles. The molecule has 0 radical (unpaired) electrons. The van der Waals surface area contributed by atoms with E-state index in [1.54, 1.807) is 0 Å². The summed E-state index contributed by atoms with van der Waals surface area (Å²) in [6.45, 7) is 16.0. The van der Waals surface area contributed by atoms with Crippen LogP contribution in [0.5, 0.6) is 0 Å². The highest BCUT2D eigenvalue weighted by atomic mass is 16.3. The Labute approximate surface area is 107 Å². The van der Waals surface area contributed by atoms with Crippen LogP contribution in [0, 0.1) is 5.92 Å². The van der Waals surface area contributed by atoms with E-state index in [0.717, 1.165) is 32.7 Å². The zero-order valence-corrected chi connectivity index (χ0v) is 12.2. The molecule has 1 fully saturated rings. The van der Waals surface area contributed by atoms with Crippen LogP contribution < -0.4 is 0 Å². The van der Waals surface area contributed by atoms with Crippen molar-refractivity contribution < 1.29 is 5.11 Å². The van der Waals surface area contributed by atoms with Crippen LogP contribution in [0.3, 0.4) is 0 Å². The van der Waals surface area contributed by atoms with Gasteiger partial charge in [-0.1, -0.05) is 20.8 Å². The van der Waals surface area contributed by atoms with Crippen LogP contribution in [0.15, 0.2) is 0 Å². The summed E-state index contributed by atoms with van der Waals surface area (Å²) in [5, 5.41) is 10.3. The van der Waals surface area contributed by atoms with Crippen LogP contribution in [0.25, 0.3) is 0 Å². The molecule has 0 spiro atoms. The first-order chi connectivity index (χ1) is 7.86. The predicted octanol–water partition coefficient (Wildman–Crippen LogP) is 1.81. The Balaban J connectivity index is 2.37. The van der Waals surface area contributed by atoms with Crippen LogP contribution in [-0.4, -0.2) is 59.3 Å². The number of rotatable bonds is 5. The highest BCUT2D eigenvalue weighted by molar-refractivity contribution is 4.84. The van der Waals surface area contributed by atoms with E-state index in [-0.39, 0.29) is 0 Å². The van der Waals surface area contributed by atoms with Gasteiger partial charge in [-0.3, -0.25) is 9.80 Å². The first-order valence-corrected chi connectivity index (χ1v) is 7.05. The molecule has 0 saturated carbocycles. The molecule has 1 saturated heterocycles. The molecule has 1 heterocycles. The second-order valence-electron chi connectivity index (χ2n) is 6.08. The molecule has 3 nitrogen and oxygen atoms in total. The van der Waals surface area contributed by atoms with Crippen molar-refractivity contribution in [3.05, 3.63) is 0 Å². The third-order valence-corrected chi connectivity index (χ3v) is 4.41. The van der Waals surface area contributed by atoms with Gasteiger partial charge in [-0.15, -0.1) is 0 Å². The largest absolute Gasteiger partial charge is 0.389 e. The minimum atomic E-state index is -0.557. The summed E-state index contributed by atoms with van der Waals surface area (Å²) in [5.74, 6) is 0.315. The highest BCUT2D eigenvalue weighted by Crippen LogP contribution is 2.19. The van der Waals surface area contributed by atoms with Gasteiger partial charge in [-0.05, 0) is 26.2 Å². The summed E-state index contributed by atoms with van der Waals surface area (Å²) >= 11 is 0. The van der Waals surface area contributed by atoms with Crippen molar-refractivity contribution in [2.45, 2.75) is 52.7 Å². The highest BCUT2D eigenvalue weighted by Gasteiger charge is 2.29. The van der Waals surface area contributed by atoms with Crippen molar-refractivity contribution in [2.24, 2.45) is 5.92 Å². The average Bonchev–Trinajstić information content (AvgIpc) is 2.28. The number of piperazine rings is 1.